The van der Waals surface area contributed by atoms with Gasteiger partial charge >= 0.3 is 5.97 Å². The number of fused-ring (bicyclic) bond motifs is 1. The molecule has 0 saturated heterocycles. The van der Waals surface area contributed by atoms with E-state index in [1.54, 1.807) is 18.2 Å². The predicted octanol–water partition coefficient (Wildman–Crippen LogP) is 2.93. The molecule has 1 aromatic carbocycles. The quantitative estimate of drug-likeness (QED) is 0.367. The van der Waals surface area contributed by atoms with Gasteiger partial charge in [-0.1, -0.05) is 41.6 Å². The lowest BCUT2D eigenvalue weighted by Gasteiger charge is -2.10. The van der Waals surface area contributed by atoms with Gasteiger partial charge in [0.1, 0.15) is 9.67 Å². The fourth-order valence-electron chi connectivity index (χ4n) is 1.89. The lowest BCUT2D eigenvalue weighted by molar-refractivity contribution is -0.133. The average Bonchev–Trinajstić information content (AvgIpc) is 2.71. The Bertz CT molecular complexity index is 468. The van der Waals surface area contributed by atoms with Crippen molar-refractivity contribution in [1.82, 2.24) is 0 Å². The summed E-state index contributed by atoms with van der Waals surface area (Å²) < 4.78 is 5.22. The molecule has 0 heterocycles. The van der Waals surface area contributed by atoms with Gasteiger partial charge in [0.25, 0.3) is 0 Å². The second-order valence-electron chi connectivity index (χ2n) is 4.00. The van der Waals surface area contributed by atoms with Crippen LogP contribution in [0.15, 0.2) is 18.2 Å². The monoisotopic (exact) mass is 344 g/mol. The molecule has 1 aliphatic carbocycles. The lowest BCUT2D eigenvalue weighted by Crippen LogP contribution is -2.20. The maximum atomic E-state index is 11.7. The smallest absolute Gasteiger partial charge is 0.324 e. The zero-order chi connectivity index (χ0) is 12.4. The summed E-state index contributed by atoms with van der Waals surface area (Å²) in [6, 6.07) is 5.32. The lowest BCUT2D eigenvalue weighted by atomic mass is 10.1. The van der Waals surface area contributed by atoms with Crippen LogP contribution in [0.1, 0.15) is 35.7 Å². The average molecular weight is 344 g/mol. The molecule has 0 bridgehead atoms. The number of rotatable bonds is 3. The molecule has 0 N–H and O–H groups in total. The van der Waals surface area contributed by atoms with Crippen LogP contribution >= 0.6 is 22.6 Å². The number of hydrogen-bond acceptors (Lipinski definition) is 3. The van der Waals surface area contributed by atoms with Crippen molar-refractivity contribution in [1.29, 1.82) is 0 Å². The summed E-state index contributed by atoms with van der Waals surface area (Å²) >= 11 is 2.07. The van der Waals surface area contributed by atoms with Crippen molar-refractivity contribution in [2.75, 3.05) is 0 Å². The van der Waals surface area contributed by atoms with Crippen LogP contribution in [0.2, 0.25) is 0 Å². The van der Waals surface area contributed by atoms with Crippen LogP contribution in [0.25, 0.3) is 0 Å². The molecule has 1 atom stereocenters. The largest absolute Gasteiger partial charge is 0.425 e. The van der Waals surface area contributed by atoms with E-state index in [4.69, 9.17) is 4.74 Å². The molecule has 0 aliphatic heterocycles. The van der Waals surface area contributed by atoms with E-state index in [0.717, 1.165) is 12.0 Å². The van der Waals surface area contributed by atoms with Gasteiger partial charge in [-0.25, -0.2) is 0 Å². The zero-order valence-electron chi connectivity index (χ0n) is 9.53. The molecule has 2 rings (SSSR count). The van der Waals surface area contributed by atoms with Gasteiger partial charge in [-0.3, -0.25) is 9.59 Å². The minimum absolute atomic E-state index is 0.138. The third-order valence-corrected chi connectivity index (χ3v) is 4.25. The third-order valence-electron chi connectivity index (χ3n) is 2.86. The van der Waals surface area contributed by atoms with Gasteiger partial charge in [0.05, 0.1) is 0 Å². The van der Waals surface area contributed by atoms with Crippen molar-refractivity contribution in [3.05, 3.63) is 29.3 Å². The Morgan fingerprint density at radius 1 is 1.47 bits per heavy atom. The van der Waals surface area contributed by atoms with Gasteiger partial charge in [-0.2, -0.15) is 0 Å². The van der Waals surface area contributed by atoms with E-state index in [2.05, 4.69) is 22.6 Å². The Balaban J connectivity index is 2.24. The van der Waals surface area contributed by atoms with Gasteiger partial charge in [-0.05, 0) is 18.9 Å². The predicted molar refractivity (Wildman–Crippen MR) is 72.8 cm³/mol. The van der Waals surface area contributed by atoms with Crippen molar-refractivity contribution in [2.24, 2.45) is 0 Å². The number of benzene rings is 1. The Morgan fingerprint density at radius 2 is 2.24 bits per heavy atom. The molecule has 0 radical (unpaired) electrons. The first-order valence-electron chi connectivity index (χ1n) is 5.64. The van der Waals surface area contributed by atoms with Crippen LogP contribution in [-0.2, 0) is 11.2 Å². The first kappa shape index (κ1) is 12.5. The Morgan fingerprint density at radius 3 is 2.94 bits per heavy atom. The van der Waals surface area contributed by atoms with E-state index in [9.17, 15) is 9.59 Å². The maximum absolute atomic E-state index is 11.7. The van der Waals surface area contributed by atoms with E-state index in [1.807, 2.05) is 6.92 Å². The van der Waals surface area contributed by atoms with Gasteiger partial charge in [0.15, 0.2) is 5.78 Å². The SMILES string of the molecule is CCC(I)C(=O)Oc1cccc2c1CCC2=O. The molecule has 0 saturated carbocycles. The Labute approximate surface area is 114 Å². The van der Waals surface area contributed by atoms with Crippen molar-refractivity contribution in [2.45, 2.75) is 30.1 Å². The van der Waals surface area contributed by atoms with Crippen LogP contribution in [0.3, 0.4) is 0 Å². The van der Waals surface area contributed by atoms with Gasteiger partial charge < -0.3 is 4.74 Å². The molecule has 0 amide bonds. The van der Waals surface area contributed by atoms with Crippen molar-refractivity contribution in [3.63, 3.8) is 0 Å². The Kier molecular flexibility index (Phi) is 3.81. The number of alkyl halides is 1. The third kappa shape index (κ3) is 2.51. The summed E-state index contributed by atoms with van der Waals surface area (Å²) in [6.07, 6.45) is 1.94. The van der Waals surface area contributed by atoms with Crippen LogP contribution in [-0.4, -0.2) is 15.7 Å². The standard InChI is InChI=1S/C13H13IO3/c1-2-10(14)13(16)17-12-5-3-4-8-9(12)6-7-11(8)15/h3-5,10H,2,6-7H2,1H3. The summed E-state index contributed by atoms with van der Waals surface area (Å²) in [5.41, 5.74) is 1.59. The summed E-state index contributed by atoms with van der Waals surface area (Å²) in [4.78, 5) is 23.3. The highest BCUT2D eigenvalue weighted by atomic mass is 127. The molecular weight excluding hydrogens is 331 g/mol. The van der Waals surface area contributed by atoms with Gasteiger partial charge in [-0.15, -0.1) is 0 Å². The second-order valence-corrected chi connectivity index (χ2v) is 5.51. The minimum Gasteiger partial charge on any atom is -0.425 e. The Hall–Kier alpha value is -0.910. The highest BCUT2D eigenvalue weighted by Crippen LogP contribution is 2.31. The van der Waals surface area contributed by atoms with Crippen LogP contribution in [0, 0.1) is 0 Å². The van der Waals surface area contributed by atoms with Crippen LogP contribution in [0.4, 0.5) is 0 Å². The molecule has 0 fully saturated rings. The number of ether oxygens (including phenoxy) is 1. The number of carbonyl (C=O) groups excluding carboxylic acids is 2. The highest BCUT2D eigenvalue weighted by molar-refractivity contribution is 14.1. The summed E-state index contributed by atoms with van der Waals surface area (Å²) in [6.45, 7) is 1.94. The van der Waals surface area contributed by atoms with Crippen LogP contribution < -0.4 is 4.74 Å². The summed E-state index contributed by atoms with van der Waals surface area (Å²) in [5.74, 6) is 0.453. The van der Waals surface area contributed by atoms with E-state index in [-0.39, 0.29) is 15.7 Å². The fraction of sp³-hybridized carbons (Fsp3) is 0.385. The number of hydrogen-bond donors (Lipinski definition) is 0. The second kappa shape index (κ2) is 5.16. The first-order chi connectivity index (χ1) is 8.13. The number of ketones is 1. The van der Waals surface area contributed by atoms with E-state index in [0.29, 0.717) is 24.2 Å². The normalized spacial score (nSPS) is 15.5. The molecule has 1 unspecified atom stereocenters. The van der Waals surface area contributed by atoms with Gasteiger partial charge in [0.2, 0.25) is 0 Å². The first-order valence-corrected chi connectivity index (χ1v) is 6.89. The summed E-state index contributed by atoms with van der Waals surface area (Å²) in [5, 5.41) is 0. The molecule has 3 nitrogen and oxygen atoms in total. The highest BCUT2D eigenvalue weighted by Gasteiger charge is 2.24. The van der Waals surface area contributed by atoms with Gasteiger partial charge in [0, 0.05) is 17.5 Å². The van der Waals surface area contributed by atoms with E-state index >= 15 is 0 Å². The fourth-order valence-corrected chi connectivity index (χ4v) is 2.02. The van der Waals surface area contributed by atoms with E-state index < -0.39 is 0 Å². The molecule has 1 aliphatic rings. The molecule has 1 aromatic rings. The molecule has 90 valence electrons. The molecule has 0 spiro atoms. The zero-order valence-corrected chi connectivity index (χ0v) is 11.7. The van der Waals surface area contributed by atoms with Crippen molar-refractivity contribution < 1.29 is 14.3 Å². The summed E-state index contributed by atoms with van der Waals surface area (Å²) in [7, 11) is 0. The van der Waals surface area contributed by atoms with E-state index in [1.165, 1.54) is 0 Å². The number of Topliss-reactive ketones (excluding diaryl/α,β-unsaturated/α-hetero) is 1. The maximum Gasteiger partial charge on any atom is 0.324 e. The van der Waals surface area contributed by atoms with Crippen molar-refractivity contribution >= 4 is 34.3 Å². The molecule has 0 aromatic heterocycles. The molecular formula is C13H13IO3. The topological polar surface area (TPSA) is 43.4 Å². The number of esters is 1. The van der Waals surface area contributed by atoms with Crippen LogP contribution in [0.5, 0.6) is 5.75 Å². The number of halogens is 1. The number of carbonyl (C=O) groups is 2. The minimum atomic E-state index is -0.235. The van der Waals surface area contributed by atoms with Crippen molar-refractivity contribution in [3.8, 4) is 5.75 Å². The molecule has 17 heavy (non-hydrogen) atoms. The molecule has 4 heteroatoms.